The summed E-state index contributed by atoms with van der Waals surface area (Å²) in [5, 5.41) is 9.33. The van der Waals surface area contributed by atoms with Crippen LogP contribution in [0, 0.1) is 11.8 Å². The lowest BCUT2D eigenvalue weighted by atomic mass is 9.99. The first-order chi connectivity index (χ1) is 7.74. The molecule has 92 valence electrons. The van der Waals surface area contributed by atoms with Gasteiger partial charge in [-0.25, -0.2) is 0 Å². The van der Waals surface area contributed by atoms with E-state index in [-0.39, 0.29) is 24.5 Å². The van der Waals surface area contributed by atoms with Gasteiger partial charge in [0.2, 0.25) is 5.91 Å². The predicted molar refractivity (Wildman–Crippen MR) is 59.9 cm³/mol. The van der Waals surface area contributed by atoms with Crippen LogP contribution in [-0.2, 0) is 9.53 Å². The van der Waals surface area contributed by atoms with Crippen molar-refractivity contribution in [2.24, 2.45) is 11.8 Å². The van der Waals surface area contributed by atoms with Gasteiger partial charge in [0.25, 0.3) is 0 Å². The second-order valence-corrected chi connectivity index (χ2v) is 4.96. The van der Waals surface area contributed by atoms with Crippen molar-refractivity contribution in [3.05, 3.63) is 0 Å². The van der Waals surface area contributed by atoms with Crippen LogP contribution in [0.5, 0.6) is 0 Å². The van der Waals surface area contributed by atoms with E-state index in [9.17, 15) is 9.90 Å². The van der Waals surface area contributed by atoms with Gasteiger partial charge in [-0.2, -0.15) is 0 Å². The zero-order valence-corrected chi connectivity index (χ0v) is 9.89. The molecule has 2 heterocycles. The first-order valence-electron chi connectivity index (χ1n) is 6.23. The van der Waals surface area contributed by atoms with Crippen molar-refractivity contribution in [3.63, 3.8) is 0 Å². The molecule has 3 unspecified atom stereocenters. The minimum absolute atomic E-state index is 0.0214. The normalized spacial score (nSPS) is 35.4. The van der Waals surface area contributed by atoms with Crippen LogP contribution in [0.3, 0.4) is 0 Å². The fraction of sp³-hybridized carbons (Fsp3) is 0.917. The number of carbonyl (C=O) groups is 1. The molecule has 0 aromatic rings. The highest BCUT2D eigenvalue weighted by atomic mass is 16.5. The van der Waals surface area contributed by atoms with Crippen LogP contribution in [0.15, 0.2) is 0 Å². The summed E-state index contributed by atoms with van der Waals surface area (Å²) < 4.78 is 5.35. The SMILES string of the molecule is CC1CCN(C(=O)C2CCCOC2)C1CO. The highest BCUT2D eigenvalue weighted by Gasteiger charge is 2.37. The molecule has 2 saturated heterocycles. The average molecular weight is 227 g/mol. The Morgan fingerprint density at radius 3 is 2.94 bits per heavy atom. The molecule has 0 aromatic carbocycles. The minimum Gasteiger partial charge on any atom is -0.394 e. The van der Waals surface area contributed by atoms with Gasteiger partial charge in [0.1, 0.15) is 0 Å². The molecule has 0 radical (unpaired) electrons. The van der Waals surface area contributed by atoms with Crippen LogP contribution < -0.4 is 0 Å². The van der Waals surface area contributed by atoms with Crippen molar-refractivity contribution in [2.75, 3.05) is 26.4 Å². The second-order valence-electron chi connectivity index (χ2n) is 4.96. The number of rotatable bonds is 2. The molecule has 0 aliphatic carbocycles. The number of likely N-dealkylation sites (tertiary alicyclic amines) is 1. The number of aliphatic hydroxyl groups is 1. The lowest BCUT2D eigenvalue weighted by molar-refractivity contribution is -0.141. The van der Waals surface area contributed by atoms with Gasteiger partial charge in [-0.3, -0.25) is 4.79 Å². The summed E-state index contributed by atoms with van der Waals surface area (Å²) in [6.07, 6.45) is 2.91. The number of nitrogens with zero attached hydrogens (tertiary/aromatic N) is 1. The summed E-state index contributed by atoms with van der Waals surface area (Å²) in [4.78, 5) is 14.1. The number of carbonyl (C=O) groups excluding carboxylic acids is 1. The number of aliphatic hydroxyl groups excluding tert-OH is 1. The Kier molecular flexibility index (Phi) is 3.82. The molecular weight excluding hydrogens is 206 g/mol. The molecule has 2 aliphatic heterocycles. The van der Waals surface area contributed by atoms with Crippen molar-refractivity contribution < 1.29 is 14.6 Å². The summed E-state index contributed by atoms with van der Waals surface area (Å²) in [5.41, 5.74) is 0. The van der Waals surface area contributed by atoms with Crippen molar-refractivity contribution in [2.45, 2.75) is 32.2 Å². The van der Waals surface area contributed by atoms with Gasteiger partial charge in [-0.1, -0.05) is 6.92 Å². The number of hydrogen-bond donors (Lipinski definition) is 1. The van der Waals surface area contributed by atoms with Crippen LogP contribution in [-0.4, -0.2) is 48.3 Å². The van der Waals surface area contributed by atoms with E-state index >= 15 is 0 Å². The first kappa shape index (κ1) is 11.9. The fourth-order valence-electron chi connectivity index (χ4n) is 2.73. The Balaban J connectivity index is 1.97. The maximum Gasteiger partial charge on any atom is 0.228 e. The van der Waals surface area contributed by atoms with Gasteiger partial charge in [0, 0.05) is 13.2 Å². The summed E-state index contributed by atoms with van der Waals surface area (Å²) in [6, 6.07) is 0.0226. The van der Waals surface area contributed by atoms with E-state index in [1.807, 2.05) is 4.90 Å². The maximum atomic E-state index is 12.3. The number of hydrogen-bond acceptors (Lipinski definition) is 3. The monoisotopic (exact) mass is 227 g/mol. The van der Waals surface area contributed by atoms with Crippen LogP contribution >= 0.6 is 0 Å². The standard InChI is InChI=1S/C12H21NO3/c1-9-4-5-13(11(9)7-14)12(15)10-3-2-6-16-8-10/h9-11,14H,2-8H2,1H3. The summed E-state index contributed by atoms with van der Waals surface area (Å²) in [6.45, 7) is 4.32. The molecule has 1 amide bonds. The van der Waals surface area contributed by atoms with Gasteiger partial charge < -0.3 is 14.7 Å². The predicted octanol–water partition coefficient (Wildman–Crippen LogP) is 0.642. The molecule has 0 spiro atoms. The van der Waals surface area contributed by atoms with E-state index in [1.54, 1.807) is 0 Å². The van der Waals surface area contributed by atoms with Crippen LogP contribution in [0.1, 0.15) is 26.2 Å². The first-order valence-corrected chi connectivity index (χ1v) is 6.23. The zero-order chi connectivity index (χ0) is 11.5. The van der Waals surface area contributed by atoms with E-state index in [4.69, 9.17) is 4.74 Å². The molecule has 16 heavy (non-hydrogen) atoms. The molecule has 0 aromatic heterocycles. The maximum absolute atomic E-state index is 12.3. The molecule has 2 fully saturated rings. The van der Waals surface area contributed by atoms with Gasteiger partial charge in [-0.05, 0) is 25.2 Å². The molecular formula is C12H21NO3. The zero-order valence-electron chi connectivity index (χ0n) is 9.89. The molecule has 0 saturated carbocycles. The smallest absolute Gasteiger partial charge is 0.228 e. The molecule has 3 atom stereocenters. The highest BCUT2D eigenvalue weighted by molar-refractivity contribution is 5.79. The Labute approximate surface area is 96.6 Å². The van der Waals surface area contributed by atoms with Gasteiger partial charge in [-0.15, -0.1) is 0 Å². The van der Waals surface area contributed by atoms with Crippen molar-refractivity contribution in [3.8, 4) is 0 Å². The average Bonchev–Trinajstić information content (AvgIpc) is 2.70. The quantitative estimate of drug-likeness (QED) is 0.753. The minimum atomic E-state index is 0.0214. The Bertz CT molecular complexity index is 251. The molecule has 0 bridgehead atoms. The summed E-state index contributed by atoms with van der Waals surface area (Å²) in [5.74, 6) is 0.620. The largest absolute Gasteiger partial charge is 0.394 e. The second kappa shape index (κ2) is 5.15. The van der Waals surface area contributed by atoms with Crippen molar-refractivity contribution in [1.29, 1.82) is 0 Å². The third-order valence-corrected chi connectivity index (χ3v) is 3.86. The van der Waals surface area contributed by atoms with Gasteiger partial charge >= 0.3 is 0 Å². The van der Waals surface area contributed by atoms with E-state index in [0.29, 0.717) is 12.5 Å². The topological polar surface area (TPSA) is 49.8 Å². The van der Waals surface area contributed by atoms with E-state index in [1.165, 1.54) is 0 Å². The van der Waals surface area contributed by atoms with Crippen LogP contribution in [0.4, 0.5) is 0 Å². The van der Waals surface area contributed by atoms with Gasteiger partial charge in [0.05, 0.1) is 25.2 Å². The lowest BCUT2D eigenvalue weighted by Crippen LogP contribution is -2.44. The highest BCUT2D eigenvalue weighted by Crippen LogP contribution is 2.27. The van der Waals surface area contributed by atoms with Gasteiger partial charge in [0.15, 0.2) is 0 Å². The number of amides is 1. The summed E-state index contributed by atoms with van der Waals surface area (Å²) in [7, 11) is 0. The van der Waals surface area contributed by atoms with E-state index in [2.05, 4.69) is 6.92 Å². The molecule has 2 rings (SSSR count). The van der Waals surface area contributed by atoms with E-state index < -0.39 is 0 Å². The molecule has 2 aliphatic rings. The molecule has 4 heteroatoms. The Morgan fingerprint density at radius 2 is 2.31 bits per heavy atom. The summed E-state index contributed by atoms with van der Waals surface area (Å²) >= 11 is 0. The van der Waals surface area contributed by atoms with Crippen LogP contribution in [0.2, 0.25) is 0 Å². The Hall–Kier alpha value is -0.610. The Morgan fingerprint density at radius 1 is 1.50 bits per heavy atom. The third kappa shape index (κ3) is 2.23. The van der Waals surface area contributed by atoms with Crippen LogP contribution in [0.25, 0.3) is 0 Å². The fourth-order valence-corrected chi connectivity index (χ4v) is 2.73. The van der Waals surface area contributed by atoms with Crippen molar-refractivity contribution in [1.82, 2.24) is 4.90 Å². The van der Waals surface area contributed by atoms with E-state index in [0.717, 1.165) is 32.4 Å². The number of ether oxygens (including phenoxy) is 1. The molecule has 4 nitrogen and oxygen atoms in total. The molecule has 1 N–H and O–H groups in total. The third-order valence-electron chi connectivity index (χ3n) is 3.86. The van der Waals surface area contributed by atoms with Crippen molar-refractivity contribution >= 4 is 5.91 Å². The lowest BCUT2D eigenvalue weighted by Gasteiger charge is -2.30.